The van der Waals surface area contributed by atoms with Gasteiger partial charge < -0.3 is 0 Å². The fraction of sp³-hybridized carbons (Fsp3) is 0.176. The minimum absolute atomic E-state index is 0.0234. The van der Waals surface area contributed by atoms with Crippen molar-refractivity contribution in [1.82, 2.24) is 9.97 Å². The molecule has 0 amide bonds. The van der Waals surface area contributed by atoms with Gasteiger partial charge in [-0.25, -0.2) is 0 Å². The summed E-state index contributed by atoms with van der Waals surface area (Å²) < 4.78 is 33.1. The molecule has 7 rings (SSSR count). The first kappa shape index (κ1) is 22.4. The second kappa shape index (κ2) is 9.95. The van der Waals surface area contributed by atoms with Crippen molar-refractivity contribution in [3.8, 4) is 11.5 Å². The molecule has 0 N–H and O–H groups in total. The Bertz CT molecular complexity index is 1870. The van der Waals surface area contributed by atoms with Crippen molar-refractivity contribution in [3.63, 3.8) is 0 Å². The number of hydrogen-bond acceptors (Lipinski definition) is 6. The molecule has 3 aromatic carbocycles. The van der Waals surface area contributed by atoms with Crippen LogP contribution in [-0.2, 0) is 5.41 Å². The van der Waals surface area contributed by atoms with Gasteiger partial charge in [0, 0.05) is 4.11 Å². The summed E-state index contributed by atoms with van der Waals surface area (Å²) in [5.41, 5.74) is 5.63. The molecule has 0 saturated heterocycles. The number of para-hydroxylation sites is 2. The van der Waals surface area contributed by atoms with Gasteiger partial charge in [-0.15, -0.1) is 0 Å². The number of nitrogens with zero attached hydrogens (tertiary/aromatic N) is 5. The van der Waals surface area contributed by atoms with Crippen LogP contribution in [0, 0.1) is 0 Å². The van der Waals surface area contributed by atoms with Crippen LogP contribution in [0.4, 0.5) is 34.3 Å². The molecule has 5 aromatic rings. The minimum atomic E-state index is -2.25. The summed E-state index contributed by atoms with van der Waals surface area (Å²) in [6.07, 6.45) is 5.64. The van der Waals surface area contributed by atoms with Crippen molar-refractivity contribution in [1.29, 1.82) is 0 Å². The molecule has 41 heavy (non-hydrogen) atoms. The Morgan fingerprint density at radius 3 is 2.49 bits per heavy atom. The Morgan fingerprint density at radius 1 is 0.805 bits per heavy atom. The van der Waals surface area contributed by atoms with Crippen LogP contribution in [0.3, 0.4) is 0 Å². The zero-order valence-electron chi connectivity index (χ0n) is 26.1. The number of hydrogen-bond donors (Lipinski definition) is 0. The quantitative estimate of drug-likeness (QED) is 0.212. The van der Waals surface area contributed by atoms with Gasteiger partial charge in [-0.05, 0) is 0 Å². The molecule has 204 valence electrons. The third-order valence-electron chi connectivity index (χ3n) is 7.35. The maximum atomic E-state index is 8.04. The fourth-order valence-electron chi connectivity index (χ4n) is 5.24. The summed E-state index contributed by atoms with van der Waals surface area (Å²) in [5, 5.41) is 0. The molecule has 0 atom stereocenters. The van der Waals surface area contributed by atoms with Crippen LogP contribution in [0.1, 0.15) is 30.4 Å². The molecule has 0 saturated carbocycles. The van der Waals surface area contributed by atoms with E-state index in [0.29, 0.717) is 17.2 Å². The first-order chi connectivity index (χ1) is 21.1. The molecule has 0 bridgehead atoms. The summed E-state index contributed by atoms with van der Waals surface area (Å²) in [5.74, 6) is 2.20. The normalized spacial score (nSPS) is 15.4. The van der Waals surface area contributed by atoms with Crippen LogP contribution in [-0.4, -0.2) is 38.6 Å². The van der Waals surface area contributed by atoms with E-state index in [-0.39, 0.29) is 27.0 Å². The molecule has 6 nitrogen and oxygen atoms in total. The SMILES string of the molecule is [2H]C([2H])([2H])N1CN(c2cccc(Oc3ccc4c(c3)N(c3cc(C(C)(C)C)ccn3)c3cnccc3[Se]4)c2)c2ccccc21. The Hall–Kier alpha value is -4.32. The Kier molecular flexibility index (Phi) is 5.43. The van der Waals surface area contributed by atoms with E-state index in [0.717, 1.165) is 28.6 Å². The molecule has 0 fully saturated rings. The standard InChI is InChI=1S/C34H31N5OSe/c1-34(2,3)23-14-17-36-33(18-23)39-29-20-26(12-13-31(29)41-32-15-16-35-21-30(32)39)40-25-9-7-8-24(19-25)38-22-37(4)27-10-5-6-11-28(27)38/h5-21H,22H2,1-4H3/i4D3. The van der Waals surface area contributed by atoms with Gasteiger partial charge in [-0.3, -0.25) is 0 Å². The van der Waals surface area contributed by atoms with Crippen molar-refractivity contribution in [3.05, 3.63) is 109 Å². The first-order valence-corrected chi connectivity index (χ1v) is 15.2. The first-order valence-electron chi connectivity index (χ1n) is 15.0. The fourth-order valence-corrected chi connectivity index (χ4v) is 7.35. The molecular formula is C34H31N5OSe. The van der Waals surface area contributed by atoms with Crippen molar-refractivity contribution in [2.75, 3.05) is 28.3 Å². The summed E-state index contributed by atoms with van der Waals surface area (Å²) in [6.45, 7) is 4.59. The van der Waals surface area contributed by atoms with E-state index in [4.69, 9.17) is 13.8 Å². The van der Waals surface area contributed by atoms with Crippen LogP contribution in [0.2, 0.25) is 0 Å². The van der Waals surface area contributed by atoms with E-state index < -0.39 is 6.98 Å². The molecule has 7 heteroatoms. The molecule has 0 unspecified atom stereocenters. The predicted octanol–water partition coefficient (Wildman–Crippen LogP) is 6.55. The van der Waals surface area contributed by atoms with Crippen molar-refractivity contribution < 1.29 is 8.85 Å². The van der Waals surface area contributed by atoms with E-state index in [1.54, 1.807) is 0 Å². The number of fused-ring (bicyclic) bond motifs is 3. The van der Waals surface area contributed by atoms with Crippen LogP contribution < -0.4 is 28.4 Å². The van der Waals surface area contributed by atoms with E-state index >= 15 is 0 Å². The number of pyridine rings is 2. The zero-order chi connectivity index (χ0) is 30.6. The van der Waals surface area contributed by atoms with E-state index in [9.17, 15) is 0 Å². The Morgan fingerprint density at radius 2 is 1.63 bits per heavy atom. The van der Waals surface area contributed by atoms with Crippen LogP contribution >= 0.6 is 0 Å². The van der Waals surface area contributed by atoms with Gasteiger partial charge in [0.2, 0.25) is 0 Å². The van der Waals surface area contributed by atoms with Gasteiger partial charge in [0.15, 0.2) is 0 Å². The number of ether oxygens (including phenoxy) is 1. The Balaban J connectivity index is 1.23. The van der Waals surface area contributed by atoms with Gasteiger partial charge in [0.05, 0.1) is 0 Å². The van der Waals surface area contributed by atoms with Crippen molar-refractivity contribution in [2.45, 2.75) is 26.2 Å². The molecule has 2 aliphatic heterocycles. The van der Waals surface area contributed by atoms with Crippen LogP contribution in [0.15, 0.2) is 104 Å². The average Bonchev–Trinajstić information content (AvgIpc) is 3.40. The summed E-state index contributed by atoms with van der Waals surface area (Å²) in [6, 6.07) is 27.9. The summed E-state index contributed by atoms with van der Waals surface area (Å²) in [7, 11) is 0. The number of benzene rings is 3. The van der Waals surface area contributed by atoms with E-state index in [2.05, 4.69) is 61.0 Å². The second-order valence-electron chi connectivity index (χ2n) is 11.1. The third kappa shape index (κ3) is 4.71. The van der Waals surface area contributed by atoms with Gasteiger partial charge in [0.1, 0.15) is 0 Å². The van der Waals surface area contributed by atoms with E-state index in [1.807, 2.05) is 78.1 Å². The number of anilines is 6. The molecule has 4 heterocycles. The monoisotopic (exact) mass is 608 g/mol. The summed E-state index contributed by atoms with van der Waals surface area (Å²) >= 11 is 0.0992. The van der Waals surface area contributed by atoms with Crippen molar-refractivity contribution in [2.24, 2.45) is 0 Å². The molecule has 2 aromatic heterocycles. The number of rotatable bonds is 4. The predicted molar refractivity (Wildman–Crippen MR) is 169 cm³/mol. The molecule has 0 spiro atoms. The number of aromatic nitrogens is 2. The van der Waals surface area contributed by atoms with Crippen LogP contribution in [0.5, 0.6) is 11.5 Å². The Labute approximate surface area is 251 Å². The van der Waals surface area contributed by atoms with Gasteiger partial charge >= 0.3 is 242 Å². The average molecular weight is 608 g/mol. The molecule has 2 aliphatic rings. The molecular weight excluding hydrogens is 573 g/mol. The molecule has 0 radical (unpaired) electrons. The van der Waals surface area contributed by atoms with Gasteiger partial charge in [-0.1, -0.05) is 6.07 Å². The maximum absolute atomic E-state index is 8.04. The van der Waals surface area contributed by atoms with E-state index in [1.165, 1.54) is 19.4 Å². The molecule has 0 aliphatic carbocycles. The van der Waals surface area contributed by atoms with Crippen LogP contribution in [0.25, 0.3) is 0 Å². The van der Waals surface area contributed by atoms with Crippen molar-refractivity contribution >= 4 is 58.1 Å². The zero-order valence-corrected chi connectivity index (χ0v) is 24.8. The van der Waals surface area contributed by atoms with Gasteiger partial charge in [-0.2, -0.15) is 0 Å². The topological polar surface area (TPSA) is 44.7 Å². The third-order valence-corrected chi connectivity index (χ3v) is 9.72. The second-order valence-corrected chi connectivity index (χ2v) is 13.4. The summed E-state index contributed by atoms with van der Waals surface area (Å²) in [4.78, 5) is 14.9. The van der Waals surface area contributed by atoms with Gasteiger partial charge in [0.25, 0.3) is 0 Å².